The number of likely N-dealkylation sites (N-methyl/N-ethyl adjacent to an activating group) is 1. The van der Waals surface area contributed by atoms with Crippen LogP contribution in [0.5, 0.6) is 0 Å². The zero-order valence-electron chi connectivity index (χ0n) is 6.30. The van der Waals surface area contributed by atoms with E-state index in [4.69, 9.17) is 0 Å². The molecule has 9 heavy (non-hydrogen) atoms. The summed E-state index contributed by atoms with van der Waals surface area (Å²) < 4.78 is 0. The lowest BCUT2D eigenvalue weighted by Gasteiger charge is -2.11. The second-order valence-electron chi connectivity index (χ2n) is 2.96. The average Bonchev–Trinajstić information content (AvgIpc) is 1.97. The van der Waals surface area contributed by atoms with Crippen LogP contribution in [-0.4, -0.2) is 25.0 Å². The molecule has 0 saturated carbocycles. The lowest BCUT2D eigenvalue weighted by atomic mass is 10.1. The highest BCUT2D eigenvalue weighted by Crippen LogP contribution is 2.07. The molecule has 0 aliphatic carbocycles. The van der Waals surface area contributed by atoms with Crippen molar-refractivity contribution in [3.8, 4) is 0 Å². The first-order chi connectivity index (χ1) is 4.29. The maximum Gasteiger partial charge on any atom is 0.0160 e. The van der Waals surface area contributed by atoms with Crippen LogP contribution in [0.2, 0.25) is 0 Å². The van der Waals surface area contributed by atoms with Crippen molar-refractivity contribution in [1.29, 1.82) is 0 Å². The second-order valence-corrected chi connectivity index (χ2v) is 2.96. The normalized spacial score (nSPS) is 30.2. The molecule has 0 aromatic heterocycles. The van der Waals surface area contributed by atoms with Gasteiger partial charge in [0.25, 0.3) is 0 Å². The molecule has 0 aromatic rings. The van der Waals surface area contributed by atoms with Crippen molar-refractivity contribution in [3.63, 3.8) is 0 Å². The van der Waals surface area contributed by atoms with E-state index in [1.54, 1.807) is 0 Å². The highest BCUT2D eigenvalue weighted by Gasteiger charge is 2.03. The van der Waals surface area contributed by atoms with Crippen molar-refractivity contribution in [3.05, 3.63) is 12.2 Å². The van der Waals surface area contributed by atoms with Gasteiger partial charge in [-0.05, 0) is 25.9 Å². The molecule has 0 amide bonds. The minimum absolute atomic E-state index is 0.787. The van der Waals surface area contributed by atoms with Crippen molar-refractivity contribution >= 4 is 0 Å². The summed E-state index contributed by atoms with van der Waals surface area (Å²) in [6.07, 6.45) is 5.88. The molecule has 0 saturated heterocycles. The molecule has 1 rings (SSSR count). The molecule has 1 atom stereocenters. The summed E-state index contributed by atoms with van der Waals surface area (Å²) in [4.78, 5) is 2.35. The largest absolute Gasteiger partial charge is 0.303 e. The number of rotatable bonds is 0. The summed E-state index contributed by atoms with van der Waals surface area (Å²) in [7, 11) is 2.17. The summed E-state index contributed by atoms with van der Waals surface area (Å²) in [6.45, 7) is 4.65. The Labute approximate surface area is 57.4 Å². The minimum Gasteiger partial charge on any atom is -0.303 e. The first-order valence-corrected chi connectivity index (χ1v) is 3.64. The van der Waals surface area contributed by atoms with Crippen LogP contribution in [0.1, 0.15) is 13.3 Å². The van der Waals surface area contributed by atoms with Gasteiger partial charge in [-0.25, -0.2) is 0 Å². The lowest BCUT2D eigenvalue weighted by Crippen LogP contribution is -2.18. The van der Waals surface area contributed by atoms with Gasteiger partial charge in [0.1, 0.15) is 0 Å². The molecule has 0 bridgehead atoms. The number of hydrogen-bond donors (Lipinski definition) is 0. The van der Waals surface area contributed by atoms with Gasteiger partial charge in [-0.15, -0.1) is 0 Å². The molecule has 1 nitrogen and oxygen atoms in total. The number of hydrogen-bond acceptors (Lipinski definition) is 1. The smallest absolute Gasteiger partial charge is 0.0160 e. The lowest BCUT2D eigenvalue weighted by molar-refractivity contribution is 0.358. The van der Waals surface area contributed by atoms with Crippen molar-refractivity contribution in [1.82, 2.24) is 4.90 Å². The SMILES string of the molecule is CC1C=CCN(C)CC1. The summed E-state index contributed by atoms with van der Waals surface area (Å²) in [5.41, 5.74) is 0. The van der Waals surface area contributed by atoms with Gasteiger partial charge in [-0.2, -0.15) is 0 Å². The van der Waals surface area contributed by atoms with E-state index in [1.807, 2.05) is 0 Å². The summed E-state index contributed by atoms with van der Waals surface area (Å²) in [5, 5.41) is 0. The Hall–Kier alpha value is -0.300. The van der Waals surface area contributed by atoms with E-state index in [9.17, 15) is 0 Å². The third-order valence-corrected chi connectivity index (χ3v) is 1.85. The molecule has 1 aliphatic heterocycles. The summed E-state index contributed by atoms with van der Waals surface area (Å²) in [6, 6.07) is 0. The van der Waals surface area contributed by atoms with Crippen LogP contribution in [0, 0.1) is 5.92 Å². The average molecular weight is 125 g/mol. The van der Waals surface area contributed by atoms with E-state index in [0.29, 0.717) is 0 Å². The van der Waals surface area contributed by atoms with E-state index in [0.717, 1.165) is 12.5 Å². The molecule has 0 fully saturated rings. The molecule has 1 heterocycles. The van der Waals surface area contributed by atoms with Crippen molar-refractivity contribution in [2.45, 2.75) is 13.3 Å². The predicted molar refractivity (Wildman–Crippen MR) is 40.4 cm³/mol. The molecular formula is C8H15N. The summed E-state index contributed by atoms with van der Waals surface area (Å²) >= 11 is 0. The Bertz CT molecular complexity index is 107. The van der Waals surface area contributed by atoms with Gasteiger partial charge in [-0.1, -0.05) is 19.1 Å². The second kappa shape index (κ2) is 3.02. The first kappa shape index (κ1) is 6.81. The fraction of sp³-hybridized carbons (Fsp3) is 0.750. The van der Waals surface area contributed by atoms with Crippen LogP contribution < -0.4 is 0 Å². The van der Waals surface area contributed by atoms with Crippen LogP contribution in [0.4, 0.5) is 0 Å². The Morgan fingerprint density at radius 1 is 1.56 bits per heavy atom. The van der Waals surface area contributed by atoms with Crippen LogP contribution in [0.15, 0.2) is 12.2 Å². The molecule has 1 heteroatoms. The standard InChI is InChI=1S/C8H15N/c1-8-4-3-6-9(2)7-5-8/h3-4,8H,5-7H2,1-2H3. The van der Waals surface area contributed by atoms with E-state index in [-0.39, 0.29) is 0 Å². The van der Waals surface area contributed by atoms with Gasteiger partial charge in [-0.3, -0.25) is 0 Å². The number of nitrogens with zero attached hydrogens (tertiary/aromatic N) is 1. The molecule has 0 aromatic carbocycles. The van der Waals surface area contributed by atoms with Gasteiger partial charge >= 0.3 is 0 Å². The van der Waals surface area contributed by atoms with Crippen molar-refractivity contribution < 1.29 is 0 Å². The molecule has 1 unspecified atom stereocenters. The zero-order valence-corrected chi connectivity index (χ0v) is 6.30. The van der Waals surface area contributed by atoms with Gasteiger partial charge in [0, 0.05) is 6.54 Å². The quantitative estimate of drug-likeness (QED) is 0.444. The molecule has 0 N–H and O–H groups in total. The van der Waals surface area contributed by atoms with Crippen LogP contribution in [0.3, 0.4) is 0 Å². The first-order valence-electron chi connectivity index (χ1n) is 3.64. The third-order valence-electron chi connectivity index (χ3n) is 1.85. The fourth-order valence-corrected chi connectivity index (χ4v) is 1.08. The predicted octanol–water partition coefficient (Wildman–Crippen LogP) is 1.51. The monoisotopic (exact) mass is 125 g/mol. The van der Waals surface area contributed by atoms with Gasteiger partial charge < -0.3 is 4.90 Å². The Morgan fingerprint density at radius 2 is 2.33 bits per heavy atom. The van der Waals surface area contributed by atoms with E-state index < -0.39 is 0 Å². The molecule has 0 spiro atoms. The van der Waals surface area contributed by atoms with Gasteiger partial charge in [0.05, 0.1) is 0 Å². The van der Waals surface area contributed by atoms with Crippen LogP contribution in [0.25, 0.3) is 0 Å². The maximum absolute atomic E-state index is 2.35. The van der Waals surface area contributed by atoms with E-state index in [1.165, 1.54) is 13.0 Å². The van der Waals surface area contributed by atoms with Crippen LogP contribution in [-0.2, 0) is 0 Å². The van der Waals surface area contributed by atoms with Gasteiger partial charge in [0.2, 0.25) is 0 Å². The van der Waals surface area contributed by atoms with E-state index in [2.05, 4.69) is 31.0 Å². The third kappa shape index (κ3) is 2.19. The fourth-order valence-electron chi connectivity index (χ4n) is 1.08. The Balaban J connectivity index is 2.39. The topological polar surface area (TPSA) is 3.24 Å². The zero-order chi connectivity index (χ0) is 6.69. The van der Waals surface area contributed by atoms with Crippen LogP contribution >= 0.6 is 0 Å². The van der Waals surface area contributed by atoms with Crippen molar-refractivity contribution in [2.75, 3.05) is 20.1 Å². The Kier molecular flexibility index (Phi) is 2.29. The maximum atomic E-state index is 2.35. The van der Waals surface area contributed by atoms with Gasteiger partial charge in [0.15, 0.2) is 0 Å². The number of allylic oxidation sites excluding steroid dienone is 1. The highest BCUT2D eigenvalue weighted by molar-refractivity contribution is 4.91. The molecule has 1 aliphatic rings. The van der Waals surface area contributed by atoms with E-state index >= 15 is 0 Å². The molecule has 52 valence electrons. The minimum atomic E-state index is 0.787. The summed E-state index contributed by atoms with van der Waals surface area (Å²) in [5.74, 6) is 0.787. The molecular weight excluding hydrogens is 110 g/mol. The molecule has 0 radical (unpaired) electrons. The highest BCUT2D eigenvalue weighted by atomic mass is 15.1. The Morgan fingerprint density at radius 3 is 3.11 bits per heavy atom. The van der Waals surface area contributed by atoms with Crippen molar-refractivity contribution in [2.24, 2.45) is 5.92 Å².